The summed E-state index contributed by atoms with van der Waals surface area (Å²) in [6.45, 7) is 0. The first kappa shape index (κ1) is 14.4. The van der Waals surface area contributed by atoms with Crippen LogP contribution in [0.1, 0.15) is 5.76 Å². The Morgan fingerprint density at radius 1 is 1.32 bits per heavy atom. The molecular weight excluding hydrogens is 397 g/mol. The summed E-state index contributed by atoms with van der Waals surface area (Å²) >= 11 is 12.9. The van der Waals surface area contributed by atoms with Gasteiger partial charge in [-0.3, -0.25) is 4.79 Å². The highest BCUT2D eigenvalue weighted by molar-refractivity contribution is 9.10. The van der Waals surface area contributed by atoms with Crippen LogP contribution in [0.25, 0.3) is 17.4 Å². The average molecular weight is 405 g/mol. The molecule has 0 radical (unpaired) electrons. The van der Waals surface area contributed by atoms with E-state index >= 15 is 0 Å². The highest BCUT2D eigenvalue weighted by Gasteiger charge is 2.13. The monoisotopic (exact) mass is 403 g/mol. The first-order chi connectivity index (χ1) is 8.97. The molecule has 0 aliphatic rings. The molecule has 0 aliphatic heterocycles. The molecule has 0 unspecified atom stereocenters. The molecule has 3 nitrogen and oxygen atoms in total. The minimum absolute atomic E-state index is 0.514. The van der Waals surface area contributed by atoms with Gasteiger partial charge in [-0.25, -0.2) is 0 Å². The molecule has 1 heterocycles. The lowest BCUT2D eigenvalue weighted by Gasteiger charge is -2.02. The van der Waals surface area contributed by atoms with Crippen LogP contribution in [0.4, 0.5) is 0 Å². The number of carbonyl (C=O) groups is 1. The zero-order valence-electron chi connectivity index (χ0n) is 9.49. The van der Waals surface area contributed by atoms with Crippen molar-refractivity contribution < 1.29 is 9.21 Å². The van der Waals surface area contributed by atoms with Crippen LogP contribution in [0.15, 0.2) is 43.7 Å². The molecule has 0 fully saturated rings. The van der Waals surface area contributed by atoms with Gasteiger partial charge in [0.1, 0.15) is 11.5 Å². The summed E-state index contributed by atoms with van der Waals surface area (Å²) in [6, 6.07) is 7.24. The first-order valence-electron chi connectivity index (χ1n) is 5.19. The minimum atomic E-state index is -0.532. The van der Waals surface area contributed by atoms with E-state index < -0.39 is 5.91 Å². The Kier molecular flexibility index (Phi) is 4.50. The Labute approximate surface area is 131 Å². The normalized spacial score (nSPS) is 11.1. The van der Waals surface area contributed by atoms with Gasteiger partial charge in [-0.2, -0.15) is 0 Å². The fourth-order valence-corrected chi connectivity index (χ4v) is 2.77. The van der Waals surface area contributed by atoms with Gasteiger partial charge in [-0.05, 0) is 46.3 Å². The lowest BCUT2D eigenvalue weighted by Crippen LogP contribution is -2.04. The Morgan fingerprint density at radius 3 is 2.68 bits per heavy atom. The topological polar surface area (TPSA) is 56.2 Å². The standard InChI is InChI=1S/C13H8Br2ClNO2/c14-7-1-3-9(11(16)5-7)13-10(15)6-8(19-13)2-4-12(17)18/h1-6H,(H2,17,18)/b4-2+. The van der Waals surface area contributed by atoms with E-state index in [2.05, 4.69) is 31.9 Å². The lowest BCUT2D eigenvalue weighted by molar-refractivity contribution is -0.113. The lowest BCUT2D eigenvalue weighted by atomic mass is 10.2. The van der Waals surface area contributed by atoms with Crippen molar-refractivity contribution in [3.05, 3.63) is 50.1 Å². The van der Waals surface area contributed by atoms with Crippen molar-refractivity contribution in [1.29, 1.82) is 0 Å². The molecule has 2 N–H and O–H groups in total. The maximum absolute atomic E-state index is 10.7. The molecule has 1 aromatic heterocycles. The SMILES string of the molecule is NC(=O)/C=C/c1cc(Br)c(-c2ccc(Br)cc2Cl)o1. The van der Waals surface area contributed by atoms with Gasteiger partial charge in [0, 0.05) is 16.1 Å². The number of benzene rings is 1. The summed E-state index contributed by atoms with van der Waals surface area (Å²) in [5, 5.41) is 0.565. The fraction of sp³-hybridized carbons (Fsp3) is 0. The summed E-state index contributed by atoms with van der Waals surface area (Å²) in [7, 11) is 0. The summed E-state index contributed by atoms with van der Waals surface area (Å²) in [6.07, 6.45) is 2.74. The molecular formula is C13H8Br2ClNO2. The summed E-state index contributed by atoms with van der Waals surface area (Å²) in [5.41, 5.74) is 5.79. The van der Waals surface area contributed by atoms with Crippen molar-refractivity contribution in [1.82, 2.24) is 0 Å². The van der Waals surface area contributed by atoms with E-state index in [9.17, 15) is 4.79 Å². The molecule has 0 bridgehead atoms. The number of amides is 1. The second-order valence-electron chi connectivity index (χ2n) is 3.69. The number of rotatable bonds is 3. The molecule has 6 heteroatoms. The second kappa shape index (κ2) is 5.94. The molecule has 0 saturated carbocycles. The third-order valence-electron chi connectivity index (χ3n) is 2.29. The molecule has 2 aromatic rings. The number of primary amides is 1. The van der Waals surface area contributed by atoms with Crippen molar-refractivity contribution in [3.63, 3.8) is 0 Å². The predicted octanol–water partition coefficient (Wildman–Crippen LogP) is 4.62. The van der Waals surface area contributed by atoms with Crippen LogP contribution >= 0.6 is 43.5 Å². The highest BCUT2D eigenvalue weighted by atomic mass is 79.9. The second-order valence-corrected chi connectivity index (χ2v) is 5.86. The van der Waals surface area contributed by atoms with E-state index in [1.54, 1.807) is 12.1 Å². The molecule has 98 valence electrons. The van der Waals surface area contributed by atoms with Crippen molar-refractivity contribution >= 4 is 55.4 Å². The van der Waals surface area contributed by atoms with Crippen molar-refractivity contribution in [2.75, 3.05) is 0 Å². The van der Waals surface area contributed by atoms with Gasteiger partial charge in [-0.1, -0.05) is 27.5 Å². The predicted molar refractivity (Wildman–Crippen MR) is 82.8 cm³/mol. The molecule has 2 rings (SSSR count). The molecule has 0 aliphatic carbocycles. The Morgan fingerprint density at radius 2 is 2.05 bits per heavy atom. The molecule has 1 aromatic carbocycles. The number of hydrogen-bond acceptors (Lipinski definition) is 2. The van der Waals surface area contributed by atoms with Crippen LogP contribution in [0, 0.1) is 0 Å². The summed E-state index contributed by atoms with van der Waals surface area (Å²) in [5.74, 6) is 0.581. The van der Waals surface area contributed by atoms with Crippen molar-refractivity contribution in [3.8, 4) is 11.3 Å². The summed E-state index contributed by atoms with van der Waals surface area (Å²) < 4.78 is 7.27. The highest BCUT2D eigenvalue weighted by Crippen LogP contribution is 2.37. The molecule has 0 spiro atoms. The van der Waals surface area contributed by atoms with Gasteiger partial charge < -0.3 is 10.2 Å². The Hall–Kier alpha value is -1.04. The van der Waals surface area contributed by atoms with Crippen LogP contribution in [-0.4, -0.2) is 5.91 Å². The van der Waals surface area contributed by atoms with Gasteiger partial charge in [-0.15, -0.1) is 0 Å². The van der Waals surface area contributed by atoms with Crippen LogP contribution in [0.2, 0.25) is 5.02 Å². The van der Waals surface area contributed by atoms with Crippen molar-refractivity contribution in [2.45, 2.75) is 0 Å². The van der Waals surface area contributed by atoms with Crippen LogP contribution in [0.3, 0.4) is 0 Å². The number of furan rings is 1. The van der Waals surface area contributed by atoms with E-state index in [1.807, 2.05) is 12.1 Å². The van der Waals surface area contributed by atoms with Crippen LogP contribution in [-0.2, 0) is 4.79 Å². The quantitative estimate of drug-likeness (QED) is 0.758. The van der Waals surface area contributed by atoms with Crippen molar-refractivity contribution in [2.24, 2.45) is 5.73 Å². The minimum Gasteiger partial charge on any atom is -0.455 e. The number of nitrogens with two attached hydrogens (primary N) is 1. The third-order valence-corrected chi connectivity index (χ3v) is 3.69. The van der Waals surface area contributed by atoms with E-state index in [1.165, 1.54) is 12.2 Å². The smallest absolute Gasteiger partial charge is 0.241 e. The van der Waals surface area contributed by atoms with Crippen LogP contribution in [0.5, 0.6) is 0 Å². The molecule has 1 amide bonds. The largest absolute Gasteiger partial charge is 0.455 e. The first-order valence-corrected chi connectivity index (χ1v) is 7.16. The average Bonchev–Trinajstić information content (AvgIpc) is 2.68. The Bertz CT molecular complexity index is 665. The molecule has 0 atom stereocenters. The number of halogens is 3. The van der Waals surface area contributed by atoms with Gasteiger partial charge in [0.05, 0.1) is 9.50 Å². The Balaban J connectivity index is 2.43. The van der Waals surface area contributed by atoms with E-state index in [0.29, 0.717) is 16.5 Å². The third kappa shape index (κ3) is 3.49. The zero-order chi connectivity index (χ0) is 14.0. The van der Waals surface area contributed by atoms with E-state index in [4.69, 9.17) is 21.8 Å². The number of carbonyl (C=O) groups excluding carboxylic acids is 1. The van der Waals surface area contributed by atoms with Crippen LogP contribution < -0.4 is 5.73 Å². The van der Waals surface area contributed by atoms with E-state index in [0.717, 1.165) is 14.5 Å². The van der Waals surface area contributed by atoms with Gasteiger partial charge in [0.2, 0.25) is 5.91 Å². The maximum Gasteiger partial charge on any atom is 0.241 e. The van der Waals surface area contributed by atoms with Gasteiger partial charge in [0.15, 0.2) is 0 Å². The fourth-order valence-electron chi connectivity index (χ4n) is 1.49. The van der Waals surface area contributed by atoms with E-state index in [-0.39, 0.29) is 0 Å². The maximum atomic E-state index is 10.7. The molecule has 0 saturated heterocycles. The molecule has 19 heavy (non-hydrogen) atoms. The van der Waals surface area contributed by atoms with Gasteiger partial charge in [0.25, 0.3) is 0 Å². The summed E-state index contributed by atoms with van der Waals surface area (Å²) in [4.78, 5) is 10.7. The zero-order valence-corrected chi connectivity index (χ0v) is 13.4. The van der Waals surface area contributed by atoms with Gasteiger partial charge >= 0.3 is 0 Å². The number of hydrogen-bond donors (Lipinski definition) is 1.